The van der Waals surface area contributed by atoms with E-state index in [4.69, 9.17) is 0 Å². The first-order chi connectivity index (χ1) is 11.4. The van der Waals surface area contributed by atoms with Crippen LogP contribution in [0.25, 0.3) is 11.1 Å². The average Bonchev–Trinajstić information content (AvgIpc) is 2.90. The van der Waals surface area contributed by atoms with Crippen LogP contribution in [0.15, 0.2) is 36.7 Å². The molecular weight excluding hydrogens is 294 g/mol. The largest absolute Gasteiger partial charge is 0.371 e. The number of aryl methyl sites for hydroxylation is 1. The molecule has 0 bridgehead atoms. The number of fused-ring (bicyclic) bond motifs is 1. The summed E-state index contributed by atoms with van der Waals surface area (Å²) in [6.45, 7) is 13.6. The Morgan fingerprint density at radius 3 is 2.25 bits per heavy atom. The first kappa shape index (κ1) is 17.1. The topological polar surface area (TPSA) is 21.1 Å². The van der Waals surface area contributed by atoms with Gasteiger partial charge in [-0.15, -0.1) is 0 Å². The van der Waals surface area contributed by atoms with Crippen molar-refractivity contribution in [2.75, 3.05) is 18.0 Å². The van der Waals surface area contributed by atoms with Crippen molar-refractivity contribution in [1.82, 2.24) is 9.78 Å². The van der Waals surface area contributed by atoms with Crippen molar-refractivity contribution in [2.45, 2.75) is 34.6 Å². The van der Waals surface area contributed by atoms with E-state index in [0.717, 1.165) is 17.8 Å². The molecule has 1 aromatic heterocycles. The summed E-state index contributed by atoms with van der Waals surface area (Å²) in [5, 5.41) is 4.28. The van der Waals surface area contributed by atoms with Crippen molar-refractivity contribution in [3.8, 4) is 11.1 Å². The molecule has 0 amide bonds. The summed E-state index contributed by atoms with van der Waals surface area (Å²) in [6, 6.07) is 8.91. The molecule has 2 atom stereocenters. The Balaban J connectivity index is 0.000000815. The van der Waals surface area contributed by atoms with Crippen LogP contribution in [0.1, 0.15) is 34.6 Å². The fraction of sp³-hybridized carbons (Fsp3) is 0.571. The van der Waals surface area contributed by atoms with Gasteiger partial charge in [-0.05, 0) is 40.9 Å². The van der Waals surface area contributed by atoms with Gasteiger partial charge in [0.2, 0.25) is 0 Å². The van der Waals surface area contributed by atoms with Gasteiger partial charge in [-0.1, -0.05) is 46.8 Å². The van der Waals surface area contributed by atoms with Crippen LogP contribution in [0.3, 0.4) is 0 Å². The third-order valence-electron chi connectivity index (χ3n) is 5.44. The van der Waals surface area contributed by atoms with Crippen LogP contribution in [0.5, 0.6) is 0 Å². The standard InChI is InChI=1S/C19H25N3.C2H6/c1-19(2,3)18-16-11-22(12-17(16)18)15-7-5-6-13(8-15)14-9-20-21(4)10-14;1-2/h5-10,16-18H,11-12H2,1-4H3;1-2H3. The lowest BCUT2D eigenvalue weighted by Crippen LogP contribution is -2.27. The molecule has 3 nitrogen and oxygen atoms in total. The highest BCUT2D eigenvalue weighted by Gasteiger charge is 2.59. The lowest BCUT2D eigenvalue weighted by atomic mass is 9.87. The number of nitrogens with zero attached hydrogens (tertiary/aromatic N) is 3. The zero-order valence-corrected chi connectivity index (χ0v) is 16.0. The highest BCUT2D eigenvalue weighted by atomic mass is 15.2. The lowest BCUT2D eigenvalue weighted by Gasteiger charge is -2.27. The Hall–Kier alpha value is -1.77. The van der Waals surface area contributed by atoms with Crippen LogP contribution in [0, 0.1) is 23.2 Å². The molecule has 0 spiro atoms. The van der Waals surface area contributed by atoms with Crippen LogP contribution < -0.4 is 4.90 Å². The molecular formula is C21H31N3. The van der Waals surface area contributed by atoms with E-state index in [2.05, 4.69) is 61.2 Å². The molecule has 4 rings (SSSR count). The average molecular weight is 326 g/mol. The maximum absolute atomic E-state index is 4.28. The molecule has 3 heteroatoms. The molecule has 0 N–H and O–H groups in total. The van der Waals surface area contributed by atoms with Crippen molar-refractivity contribution in [3.63, 3.8) is 0 Å². The predicted molar refractivity (Wildman–Crippen MR) is 102 cm³/mol. The van der Waals surface area contributed by atoms with Gasteiger partial charge in [0.1, 0.15) is 0 Å². The quantitative estimate of drug-likeness (QED) is 0.787. The summed E-state index contributed by atoms with van der Waals surface area (Å²) >= 11 is 0. The van der Waals surface area contributed by atoms with Crippen LogP contribution in [-0.4, -0.2) is 22.9 Å². The van der Waals surface area contributed by atoms with Crippen molar-refractivity contribution in [3.05, 3.63) is 36.7 Å². The normalized spacial score (nSPS) is 25.1. The van der Waals surface area contributed by atoms with E-state index in [9.17, 15) is 0 Å². The number of anilines is 1. The molecule has 1 aromatic carbocycles. The van der Waals surface area contributed by atoms with Crippen molar-refractivity contribution in [2.24, 2.45) is 30.2 Å². The number of hydrogen-bond donors (Lipinski definition) is 0. The molecule has 2 unspecified atom stereocenters. The summed E-state index contributed by atoms with van der Waals surface area (Å²) in [5.41, 5.74) is 4.29. The van der Waals surface area contributed by atoms with Crippen LogP contribution in [0.4, 0.5) is 5.69 Å². The zero-order chi connectivity index (χ0) is 17.5. The van der Waals surface area contributed by atoms with Crippen molar-refractivity contribution >= 4 is 5.69 Å². The number of piperidine rings is 1. The first-order valence-corrected chi connectivity index (χ1v) is 9.27. The van der Waals surface area contributed by atoms with Crippen molar-refractivity contribution < 1.29 is 0 Å². The van der Waals surface area contributed by atoms with E-state index in [0.29, 0.717) is 5.41 Å². The minimum Gasteiger partial charge on any atom is -0.371 e. The van der Waals surface area contributed by atoms with Crippen LogP contribution in [0.2, 0.25) is 0 Å². The summed E-state index contributed by atoms with van der Waals surface area (Å²) in [6.07, 6.45) is 4.02. The highest BCUT2D eigenvalue weighted by molar-refractivity contribution is 5.67. The van der Waals surface area contributed by atoms with E-state index >= 15 is 0 Å². The minimum atomic E-state index is 0.471. The Kier molecular flexibility index (Phi) is 4.46. The lowest BCUT2D eigenvalue weighted by molar-refractivity contribution is 0.309. The maximum atomic E-state index is 4.28. The van der Waals surface area contributed by atoms with Gasteiger partial charge in [0.05, 0.1) is 6.20 Å². The van der Waals surface area contributed by atoms with Crippen LogP contribution in [-0.2, 0) is 7.05 Å². The molecule has 2 heterocycles. The van der Waals surface area contributed by atoms with Gasteiger partial charge in [0.25, 0.3) is 0 Å². The molecule has 130 valence electrons. The van der Waals surface area contributed by atoms with E-state index in [1.54, 1.807) is 0 Å². The third kappa shape index (κ3) is 3.09. The van der Waals surface area contributed by atoms with Gasteiger partial charge in [-0.25, -0.2) is 0 Å². The summed E-state index contributed by atoms with van der Waals surface area (Å²) in [5.74, 6) is 2.73. The smallest absolute Gasteiger partial charge is 0.0568 e. The molecule has 2 aliphatic rings. The van der Waals surface area contributed by atoms with E-state index in [1.165, 1.54) is 29.9 Å². The second kappa shape index (κ2) is 6.27. The van der Waals surface area contributed by atoms with Crippen LogP contribution >= 0.6 is 0 Å². The van der Waals surface area contributed by atoms with Gasteiger partial charge in [-0.2, -0.15) is 5.10 Å². The van der Waals surface area contributed by atoms with Gasteiger partial charge < -0.3 is 4.90 Å². The van der Waals surface area contributed by atoms with Gasteiger partial charge in [0, 0.05) is 37.6 Å². The van der Waals surface area contributed by atoms with Gasteiger partial charge in [-0.3, -0.25) is 4.68 Å². The molecule has 1 saturated carbocycles. The van der Waals surface area contributed by atoms with Crippen molar-refractivity contribution in [1.29, 1.82) is 0 Å². The molecule has 2 aromatic rings. The molecule has 24 heavy (non-hydrogen) atoms. The maximum Gasteiger partial charge on any atom is 0.0568 e. The molecule has 2 fully saturated rings. The van der Waals surface area contributed by atoms with Gasteiger partial charge >= 0.3 is 0 Å². The Morgan fingerprint density at radius 1 is 1.04 bits per heavy atom. The monoisotopic (exact) mass is 325 g/mol. The third-order valence-corrected chi connectivity index (χ3v) is 5.44. The predicted octanol–water partition coefficient (Wildman–Crippen LogP) is 4.84. The fourth-order valence-corrected chi connectivity index (χ4v) is 4.47. The first-order valence-electron chi connectivity index (χ1n) is 9.27. The zero-order valence-electron chi connectivity index (χ0n) is 16.0. The molecule has 1 aliphatic heterocycles. The SMILES string of the molecule is CC.Cn1cc(-c2cccc(N3CC4C(C3)C4C(C)(C)C)c2)cn1. The summed E-state index contributed by atoms with van der Waals surface area (Å²) in [7, 11) is 1.97. The fourth-order valence-electron chi connectivity index (χ4n) is 4.47. The highest BCUT2D eigenvalue weighted by Crippen LogP contribution is 2.60. The van der Waals surface area contributed by atoms with Gasteiger partial charge in [0.15, 0.2) is 0 Å². The molecule has 1 aliphatic carbocycles. The Labute approximate surface area is 146 Å². The Bertz CT molecular complexity index is 683. The second-order valence-corrected chi connectivity index (χ2v) is 8.08. The summed E-state index contributed by atoms with van der Waals surface area (Å²) in [4.78, 5) is 2.57. The second-order valence-electron chi connectivity index (χ2n) is 8.08. The number of benzene rings is 1. The summed E-state index contributed by atoms with van der Waals surface area (Å²) < 4.78 is 1.86. The number of rotatable bonds is 2. The number of aromatic nitrogens is 2. The molecule has 0 radical (unpaired) electrons. The Morgan fingerprint density at radius 2 is 1.71 bits per heavy atom. The minimum absolute atomic E-state index is 0.471. The molecule has 1 saturated heterocycles. The number of hydrogen-bond acceptors (Lipinski definition) is 2. The van der Waals surface area contributed by atoms with E-state index < -0.39 is 0 Å². The van der Waals surface area contributed by atoms with E-state index in [-0.39, 0.29) is 0 Å². The van der Waals surface area contributed by atoms with E-state index in [1.807, 2.05) is 31.8 Å².